The molecule has 1 aromatic rings. The molecule has 0 atom stereocenters. The molecular formula is C19H28N2O6. The molecule has 0 fully saturated rings. The first-order valence-corrected chi connectivity index (χ1v) is 8.93. The highest BCUT2D eigenvalue weighted by Crippen LogP contribution is 2.28. The summed E-state index contributed by atoms with van der Waals surface area (Å²) in [6.45, 7) is 6.46. The molecule has 0 aliphatic carbocycles. The second-order valence-electron chi connectivity index (χ2n) is 6.30. The number of esters is 1. The van der Waals surface area contributed by atoms with Gasteiger partial charge >= 0.3 is 12.0 Å². The topological polar surface area (TPSA) is 103 Å². The third kappa shape index (κ3) is 8.44. The minimum atomic E-state index is -0.707. The molecule has 1 aromatic carbocycles. The summed E-state index contributed by atoms with van der Waals surface area (Å²) < 4.78 is 15.8. The Balaban J connectivity index is 2.54. The van der Waals surface area contributed by atoms with Gasteiger partial charge in [-0.2, -0.15) is 0 Å². The molecule has 1 rings (SSSR count). The third-order valence-electron chi connectivity index (χ3n) is 3.37. The van der Waals surface area contributed by atoms with Crippen LogP contribution in [-0.2, 0) is 9.53 Å². The van der Waals surface area contributed by atoms with Crippen LogP contribution in [0.25, 0.3) is 0 Å². The number of methoxy groups -OCH3 is 1. The van der Waals surface area contributed by atoms with Crippen LogP contribution in [0.3, 0.4) is 0 Å². The van der Waals surface area contributed by atoms with Crippen molar-refractivity contribution in [2.75, 3.05) is 26.9 Å². The molecular weight excluding hydrogens is 352 g/mol. The Morgan fingerprint density at radius 1 is 1.15 bits per heavy atom. The van der Waals surface area contributed by atoms with Gasteiger partial charge in [0.15, 0.2) is 18.1 Å². The average Bonchev–Trinajstić information content (AvgIpc) is 2.64. The van der Waals surface area contributed by atoms with Crippen molar-refractivity contribution in [1.82, 2.24) is 10.6 Å². The van der Waals surface area contributed by atoms with Crippen LogP contribution < -0.4 is 20.1 Å². The van der Waals surface area contributed by atoms with Crippen molar-refractivity contribution < 1.29 is 28.6 Å². The number of urea groups is 1. The lowest BCUT2D eigenvalue weighted by atomic mass is 10.2. The quantitative estimate of drug-likeness (QED) is 0.478. The minimum absolute atomic E-state index is 0.212. The predicted octanol–water partition coefficient (Wildman–Crippen LogP) is 2.51. The highest BCUT2D eigenvalue weighted by atomic mass is 16.5. The minimum Gasteiger partial charge on any atom is -0.493 e. The molecule has 0 aliphatic heterocycles. The van der Waals surface area contributed by atoms with Gasteiger partial charge in [-0.25, -0.2) is 9.59 Å². The zero-order valence-corrected chi connectivity index (χ0v) is 16.3. The molecule has 0 saturated carbocycles. The van der Waals surface area contributed by atoms with Crippen molar-refractivity contribution in [1.29, 1.82) is 0 Å². The summed E-state index contributed by atoms with van der Waals surface area (Å²) in [7, 11) is 1.47. The van der Waals surface area contributed by atoms with Crippen LogP contribution in [0.2, 0.25) is 0 Å². The lowest BCUT2D eigenvalue weighted by Crippen LogP contribution is -2.41. The van der Waals surface area contributed by atoms with Crippen LogP contribution >= 0.6 is 0 Å². The molecule has 0 spiro atoms. The molecule has 2 N–H and O–H groups in total. The van der Waals surface area contributed by atoms with Crippen molar-refractivity contribution in [3.05, 3.63) is 23.8 Å². The summed E-state index contributed by atoms with van der Waals surface area (Å²) >= 11 is 0. The number of hydrogen-bond acceptors (Lipinski definition) is 6. The monoisotopic (exact) mass is 380 g/mol. The van der Waals surface area contributed by atoms with Crippen LogP contribution in [0, 0.1) is 5.92 Å². The molecule has 3 amide bonds. The first kappa shape index (κ1) is 22.3. The van der Waals surface area contributed by atoms with Crippen molar-refractivity contribution in [3.63, 3.8) is 0 Å². The van der Waals surface area contributed by atoms with E-state index < -0.39 is 24.5 Å². The summed E-state index contributed by atoms with van der Waals surface area (Å²) in [5, 5.41) is 4.63. The molecule has 0 unspecified atom stereocenters. The maximum absolute atomic E-state index is 12.1. The molecule has 150 valence electrons. The van der Waals surface area contributed by atoms with Gasteiger partial charge in [-0.3, -0.25) is 10.1 Å². The average molecular weight is 380 g/mol. The molecule has 0 aromatic heterocycles. The molecule has 0 bridgehead atoms. The van der Waals surface area contributed by atoms with Gasteiger partial charge in [0.05, 0.1) is 19.3 Å². The van der Waals surface area contributed by atoms with Gasteiger partial charge < -0.3 is 19.5 Å². The standard InChI is InChI=1S/C19H28N2O6/c1-5-6-9-20-19(24)21-17(22)12-27-18(23)14-7-8-15(16(10-14)25-4)26-11-13(2)3/h7-8,10,13H,5-6,9,11-12H2,1-4H3,(H2,20,21,22,24). The number of carbonyl (C=O) groups is 3. The first-order chi connectivity index (χ1) is 12.9. The van der Waals surface area contributed by atoms with Crippen molar-refractivity contribution in [2.45, 2.75) is 33.6 Å². The largest absolute Gasteiger partial charge is 0.493 e. The van der Waals surface area contributed by atoms with E-state index >= 15 is 0 Å². The van der Waals surface area contributed by atoms with Crippen molar-refractivity contribution in [2.24, 2.45) is 5.92 Å². The summed E-state index contributed by atoms with van der Waals surface area (Å²) in [6.07, 6.45) is 1.74. The first-order valence-electron chi connectivity index (χ1n) is 8.93. The number of imide groups is 1. The van der Waals surface area contributed by atoms with Crippen molar-refractivity contribution >= 4 is 17.9 Å². The lowest BCUT2D eigenvalue weighted by molar-refractivity contribution is -0.123. The number of unbranched alkanes of at least 4 members (excludes halogenated alkanes) is 1. The molecule has 8 heteroatoms. The van der Waals surface area contributed by atoms with Crippen LogP contribution in [0.5, 0.6) is 11.5 Å². The Kier molecular flexibility index (Phi) is 9.71. The van der Waals surface area contributed by atoms with Gasteiger partial charge in [0.1, 0.15) is 0 Å². The number of amides is 3. The predicted molar refractivity (Wildman–Crippen MR) is 100 cm³/mol. The third-order valence-corrected chi connectivity index (χ3v) is 3.37. The van der Waals surface area contributed by atoms with Gasteiger partial charge in [0.2, 0.25) is 0 Å². The summed E-state index contributed by atoms with van der Waals surface area (Å²) in [5.41, 5.74) is 0.212. The van der Waals surface area contributed by atoms with E-state index in [-0.39, 0.29) is 5.56 Å². The number of nitrogens with one attached hydrogen (secondary N) is 2. The smallest absolute Gasteiger partial charge is 0.338 e. The molecule has 0 heterocycles. The summed E-state index contributed by atoms with van der Waals surface area (Å²) in [4.78, 5) is 35.2. The van der Waals surface area contributed by atoms with E-state index in [1.54, 1.807) is 6.07 Å². The van der Waals surface area contributed by atoms with Gasteiger partial charge in [-0.15, -0.1) is 0 Å². The Hall–Kier alpha value is -2.77. The van der Waals surface area contributed by atoms with Crippen LogP contribution in [-0.4, -0.2) is 44.8 Å². The van der Waals surface area contributed by atoms with Gasteiger partial charge in [-0.05, 0) is 30.5 Å². The van der Waals surface area contributed by atoms with Crippen LogP contribution in [0.15, 0.2) is 18.2 Å². The molecule has 0 aliphatic rings. The van der Waals surface area contributed by atoms with E-state index in [4.69, 9.17) is 14.2 Å². The molecule has 27 heavy (non-hydrogen) atoms. The zero-order chi connectivity index (χ0) is 20.2. The fourth-order valence-electron chi connectivity index (χ4n) is 1.97. The number of carbonyl (C=O) groups excluding carboxylic acids is 3. The Bertz CT molecular complexity index is 645. The van der Waals surface area contributed by atoms with Gasteiger partial charge in [0, 0.05) is 6.54 Å². The Morgan fingerprint density at radius 2 is 1.89 bits per heavy atom. The Labute approximate surface area is 159 Å². The number of rotatable bonds is 10. The van der Waals surface area contributed by atoms with E-state index in [0.29, 0.717) is 30.6 Å². The normalized spacial score (nSPS) is 10.3. The number of hydrogen-bond donors (Lipinski definition) is 2. The van der Waals surface area contributed by atoms with Crippen LogP contribution in [0.1, 0.15) is 44.0 Å². The maximum Gasteiger partial charge on any atom is 0.338 e. The molecule has 0 saturated heterocycles. The molecule has 8 nitrogen and oxygen atoms in total. The van der Waals surface area contributed by atoms with E-state index in [1.165, 1.54) is 19.2 Å². The SMILES string of the molecule is CCCCNC(=O)NC(=O)COC(=O)c1ccc(OCC(C)C)c(OC)c1. The van der Waals surface area contributed by atoms with E-state index in [0.717, 1.165) is 12.8 Å². The second kappa shape index (κ2) is 11.8. The number of ether oxygens (including phenoxy) is 3. The fraction of sp³-hybridized carbons (Fsp3) is 0.526. The van der Waals surface area contributed by atoms with Crippen LogP contribution in [0.4, 0.5) is 4.79 Å². The van der Waals surface area contributed by atoms with E-state index in [9.17, 15) is 14.4 Å². The fourth-order valence-corrected chi connectivity index (χ4v) is 1.97. The highest BCUT2D eigenvalue weighted by Gasteiger charge is 2.15. The van der Waals surface area contributed by atoms with Gasteiger partial charge in [0.25, 0.3) is 5.91 Å². The molecule has 0 radical (unpaired) electrons. The highest BCUT2D eigenvalue weighted by molar-refractivity contribution is 5.97. The zero-order valence-electron chi connectivity index (χ0n) is 16.3. The Morgan fingerprint density at radius 3 is 2.52 bits per heavy atom. The van der Waals surface area contributed by atoms with Gasteiger partial charge in [-0.1, -0.05) is 27.2 Å². The number of benzene rings is 1. The lowest BCUT2D eigenvalue weighted by Gasteiger charge is -2.13. The van der Waals surface area contributed by atoms with E-state index in [1.807, 2.05) is 20.8 Å². The second-order valence-corrected chi connectivity index (χ2v) is 6.30. The van der Waals surface area contributed by atoms with E-state index in [2.05, 4.69) is 10.6 Å². The van der Waals surface area contributed by atoms with Crippen molar-refractivity contribution in [3.8, 4) is 11.5 Å². The maximum atomic E-state index is 12.1. The summed E-state index contributed by atoms with van der Waals surface area (Å²) in [5.74, 6) is -0.155. The summed E-state index contributed by atoms with van der Waals surface area (Å²) in [6, 6.07) is 4.00.